The highest BCUT2D eigenvalue weighted by molar-refractivity contribution is 7.89. The van der Waals surface area contributed by atoms with Gasteiger partial charge in [0.1, 0.15) is 12.4 Å². The van der Waals surface area contributed by atoms with E-state index in [2.05, 4.69) is 16.0 Å². The van der Waals surface area contributed by atoms with Gasteiger partial charge >= 0.3 is 0 Å². The van der Waals surface area contributed by atoms with Crippen LogP contribution in [0.5, 0.6) is 5.75 Å². The summed E-state index contributed by atoms with van der Waals surface area (Å²) >= 11 is 0. The van der Waals surface area contributed by atoms with Gasteiger partial charge in [-0.2, -0.15) is 4.31 Å². The highest BCUT2D eigenvalue weighted by Crippen LogP contribution is 2.37. The Kier molecular flexibility index (Phi) is 11.0. The zero-order chi connectivity index (χ0) is 30.3. The van der Waals surface area contributed by atoms with E-state index in [4.69, 9.17) is 14.2 Å². The minimum Gasteiger partial charge on any atom is -0.496 e. The molecule has 0 spiro atoms. The molecule has 0 N–H and O–H groups in total. The Labute approximate surface area is 251 Å². The van der Waals surface area contributed by atoms with Crippen molar-refractivity contribution in [3.63, 3.8) is 0 Å². The normalized spacial score (nSPS) is 17.6. The number of ether oxygens (including phenoxy) is 3. The Hall–Kier alpha value is -2.57. The van der Waals surface area contributed by atoms with Gasteiger partial charge in [-0.1, -0.05) is 6.07 Å². The first-order valence-corrected chi connectivity index (χ1v) is 16.3. The monoisotopic (exact) mass is 602 g/mol. The minimum atomic E-state index is -3.74. The second-order valence-corrected chi connectivity index (χ2v) is 13.3. The quantitative estimate of drug-likeness (QED) is 0.322. The van der Waals surface area contributed by atoms with E-state index in [0.717, 1.165) is 30.8 Å². The SMILES string of the molecule is COc1cc(C)c(S(=O)(=O)N(C)CCOCC(=O)N2CCC(OCCN3CCCC3)(c3cccnc3)CC2)c(C)c1C. The van der Waals surface area contributed by atoms with Crippen LogP contribution >= 0.6 is 0 Å². The number of hydrogen-bond acceptors (Lipinski definition) is 8. The molecule has 1 amide bonds. The van der Waals surface area contributed by atoms with Crippen LogP contribution in [0.3, 0.4) is 0 Å². The number of carbonyl (C=O) groups is 1. The Balaban J connectivity index is 1.27. The maximum absolute atomic E-state index is 13.4. The van der Waals surface area contributed by atoms with E-state index in [1.807, 2.05) is 24.1 Å². The number of methoxy groups -OCH3 is 1. The highest BCUT2D eigenvalue weighted by Gasteiger charge is 2.39. The Morgan fingerprint density at radius 3 is 2.43 bits per heavy atom. The number of aryl methyl sites for hydroxylation is 1. The van der Waals surface area contributed by atoms with Gasteiger partial charge in [0.25, 0.3) is 0 Å². The number of nitrogens with zero attached hydrogens (tertiary/aromatic N) is 4. The molecule has 0 radical (unpaired) electrons. The molecular weight excluding hydrogens is 556 g/mol. The number of likely N-dealkylation sites (N-methyl/N-ethyl adjacent to an activating group) is 1. The summed E-state index contributed by atoms with van der Waals surface area (Å²) in [6.07, 6.45) is 7.51. The fraction of sp³-hybridized carbons (Fsp3) is 0.613. The smallest absolute Gasteiger partial charge is 0.248 e. The van der Waals surface area contributed by atoms with Crippen molar-refractivity contribution in [1.29, 1.82) is 0 Å². The van der Waals surface area contributed by atoms with Crippen LogP contribution in [-0.2, 0) is 29.9 Å². The number of likely N-dealkylation sites (tertiary alicyclic amines) is 2. The number of pyridine rings is 1. The molecule has 10 nitrogen and oxygen atoms in total. The molecular formula is C31H46N4O6S. The van der Waals surface area contributed by atoms with Crippen molar-refractivity contribution < 1.29 is 27.4 Å². The van der Waals surface area contributed by atoms with Gasteiger partial charge in [-0.15, -0.1) is 0 Å². The molecule has 4 rings (SSSR count). The van der Waals surface area contributed by atoms with Crippen molar-refractivity contribution >= 4 is 15.9 Å². The zero-order valence-corrected chi connectivity index (χ0v) is 26.5. The second-order valence-electron chi connectivity index (χ2n) is 11.4. The van der Waals surface area contributed by atoms with Gasteiger partial charge in [-0.3, -0.25) is 9.78 Å². The molecule has 3 heterocycles. The van der Waals surface area contributed by atoms with Crippen LogP contribution < -0.4 is 4.74 Å². The van der Waals surface area contributed by atoms with Gasteiger partial charge in [0.2, 0.25) is 15.9 Å². The van der Waals surface area contributed by atoms with Crippen LogP contribution in [0, 0.1) is 20.8 Å². The largest absolute Gasteiger partial charge is 0.496 e. The molecule has 11 heteroatoms. The first-order chi connectivity index (χ1) is 20.1. The summed E-state index contributed by atoms with van der Waals surface area (Å²) in [5.41, 5.74) is 2.69. The second kappa shape index (κ2) is 14.3. The number of sulfonamides is 1. The average Bonchev–Trinajstić information content (AvgIpc) is 3.51. The van der Waals surface area contributed by atoms with Crippen molar-refractivity contribution in [2.45, 2.75) is 57.0 Å². The lowest BCUT2D eigenvalue weighted by molar-refractivity contribution is -0.144. The third-order valence-electron chi connectivity index (χ3n) is 8.74. The summed E-state index contributed by atoms with van der Waals surface area (Å²) in [7, 11) is -0.633. The molecule has 2 saturated heterocycles. The highest BCUT2D eigenvalue weighted by atomic mass is 32.2. The van der Waals surface area contributed by atoms with E-state index in [-0.39, 0.29) is 30.6 Å². The van der Waals surface area contributed by atoms with E-state index >= 15 is 0 Å². The number of benzene rings is 1. The van der Waals surface area contributed by atoms with Crippen LogP contribution in [0.2, 0.25) is 0 Å². The maximum atomic E-state index is 13.4. The number of piperidine rings is 1. The molecule has 2 aromatic rings. The Morgan fingerprint density at radius 1 is 1.07 bits per heavy atom. The van der Waals surface area contributed by atoms with Crippen LogP contribution in [-0.4, -0.2) is 107 Å². The standard InChI is InChI=1S/C31H46N4O6S/c1-24-21-28(39-5)25(2)26(3)30(24)42(37,38)33(4)17-19-40-23-29(36)35-15-10-31(11-16-35,27-9-8-12-32-22-27)41-20-18-34-13-6-7-14-34/h8-9,12,21-22H,6-7,10-11,13-20,23H2,1-5H3. The number of rotatable bonds is 13. The third-order valence-corrected chi connectivity index (χ3v) is 10.9. The van der Waals surface area contributed by atoms with Gasteiger partial charge in [0, 0.05) is 51.2 Å². The average molecular weight is 603 g/mol. The minimum absolute atomic E-state index is 0.0940. The molecule has 232 valence electrons. The molecule has 1 aromatic heterocycles. The molecule has 0 bridgehead atoms. The van der Waals surface area contributed by atoms with E-state index in [0.29, 0.717) is 49.4 Å². The molecule has 0 unspecified atom stereocenters. The Morgan fingerprint density at radius 2 is 1.79 bits per heavy atom. The summed E-state index contributed by atoms with van der Waals surface area (Å²) < 4.78 is 45.6. The van der Waals surface area contributed by atoms with E-state index in [9.17, 15) is 13.2 Å². The van der Waals surface area contributed by atoms with Gasteiger partial charge in [-0.25, -0.2) is 8.42 Å². The lowest BCUT2D eigenvalue weighted by atomic mass is 9.85. The predicted octanol–water partition coefficient (Wildman–Crippen LogP) is 3.28. The summed E-state index contributed by atoms with van der Waals surface area (Å²) in [4.78, 5) is 21.8. The molecule has 2 aliphatic rings. The lowest BCUT2D eigenvalue weighted by Crippen LogP contribution is -2.48. The van der Waals surface area contributed by atoms with Crippen LogP contribution in [0.25, 0.3) is 0 Å². The van der Waals surface area contributed by atoms with Gasteiger partial charge in [0.15, 0.2) is 0 Å². The number of carbonyl (C=O) groups excluding carboxylic acids is 1. The summed E-state index contributed by atoms with van der Waals surface area (Å²) in [5.74, 6) is 0.562. The fourth-order valence-electron chi connectivity index (χ4n) is 5.99. The fourth-order valence-corrected chi connectivity index (χ4v) is 7.62. The number of aromatic nitrogens is 1. The topological polar surface area (TPSA) is 102 Å². The maximum Gasteiger partial charge on any atom is 0.248 e. The third kappa shape index (κ3) is 7.31. The molecule has 0 atom stereocenters. The number of hydrogen-bond donors (Lipinski definition) is 0. The van der Waals surface area contributed by atoms with Crippen molar-refractivity contribution in [1.82, 2.24) is 19.1 Å². The van der Waals surface area contributed by atoms with Gasteiger partial charge in [-0.05, 0) is 88.4 Å². The van der Waals surface area contributed by atoms with E-state index < -0.39 is 15.6 Å². The van der Waals surface area contributed by atoms with Crippen LogP contribution in [0.4, 0.5) is 0 Å². The molecule has 0 aliphatic carbocycles. The Bertz CT molecular complexity index is 1310. The van der Waals surface area contributed by atoms with Crippen molar-refractivity contribution in [2.75, 3.05) is 73.2 Å². The number of amides is 1. The molecule has 1 aromatic carbocycles. The molecule has 0 saturated carbocycles. The predicted molar refractivity (Wildman–Crippen MR) is 161 cm³/mol. The molecule has 2 aliphatic heterocycles. The summed E-state index contributed by atoms with van der Waals surface area (Å²) in [6, 6.07) is 5.74. The zero-order valence-electron chi connectivity index (χ0n) is 25.7. The van der Waals surface area contributed by atoms with Gasteiger partial charge < -0.3 is 24.0 Å². The molecule has 42 heavy (non-hydrogen) atoms. The summed E-state index contributed by atoms with van der Waals surface area (Å²) in [6.45, 7) is 10.5. The summed E-state index contributed by atoms with van der Waals surface area (Å²) in [5, 5.41) is 0. The van der Waals surface area contributed by atoms with Crippen LogP contribution in [0.1, 0.15) is 47.9 Å². The van der Waals surface area contributed by atoms with Gasteiger partial charge in [0.05, 0.1) is 30.8 Å². The van der Waals surface area contributed by atoms with Crippen LogP contribution in [0.15, 0.2) is 35.5 Å². The van der Waals surface area contributed by atoms with Crippen molar-refractivity contribution in [2.24, 2.45) is 0 Å². The van der Waals surface area contributed by atoms with E-state index in [1.54, 1.807) is 33.2 Å². The van der Waals surface area contributed by atoms with E-state index in [1.165, 1.54) is 24.2 Å². The lowest BCUT2D eigenvalue weighted by Gasteiger charge is -2.42. The first-order valence-electron chi connectivity index (χ1n) is 14.8. The molecule has 2 fully saturated rings. The van der Waals surface area contributed by atoms with Crippen molar-refractivity contribution in [3.8, 4) is 5.75 Å². The first kappa shape index (κ1) is 32.3. The van der Waals surface area contributed by atoms with Crippen molar-refractivity contribution in [3.05, 3.63) is 52.8 Å².